The van der Waals surface area contributed by atoms with Crippen LogP contribution >= 0.6 is 0 Å². The van der Waals surface area contributed by atoms with Gasteiger partial charge in [0.05, 0.1) is 29.5 Å². The van der Waals surface area contributed by atoms with Gasteiger partial charge < -0.3 is 5.32 Å². The Hall–Kier alpha value is -3.09. The molecule has 1 N–H and O–H groups in total. The van der Waals surface area contributed by atoms with Crippen molar-refractivity contribution < 1.29 is 4.79 Å². The minimum atomic E-state index is -0.288. The lowest BCUT2D eigenvalue weighted by Crippen LogP contribution is -2.15. The number of nitrogens with one attached hydrogen (secondary N) is 1. The van der Waals surface area contributed by atoms with Gasteiger partial charge in [-0.1, -0.05) is 23.4 Å². The van der Waals surface area contributed by atoms with Gasteiger partial charge in [0.15, 0.2) is 5.69 Å². The SMILES string of the molecule is O=C(Nc1cncnc1)c1nnn(-c2ccccc2)c1C1CC1. The summed E-state index contributed by atoms with van der Waals surface area (Å²) in [6.45, 7) is 0. The van der Waals surface area contributed by atoms with Gasteiger partial charge in [-0.15, -0.1) is 5.10 Å². The van der Waals surface area contributed by atoms with Crippen LogP contribution in [-0.4, -0.2) is 30.9 Å². The Kier molecular flexibility index (Phi) is 3.30. The molecule has 1 amide bonds. The van der Waals surface area contributed by atoms with Crippen molar-refractivity contribution >= 4 is 11.6 Å². The average molecular weight is 306 g/mol. The van der Waals surface area contributed by atoms with E-state index >= 15 is 0 Å². The standard InChI is InChI=1S/C16H14N6O/c23-16(19-12-8-17-10-18-9-12)14-15(11-6-7-11)22(21-20-14)13-4-2-1-3-5-13/h1-5,8-11H,6-7H2,(H,19,23). The second-order valence-electron chi connectivity index (χ2n) is 5.43. The zero-order valence-corrected chi connectivity index (χ0v) is 12.3. The molecule has 0 spiro atoms. The van der Waals surface area contributed by atoms with Crippen LogP contribution in [-0.2, 0) is 0 Å². The van der Waals surface area contributed by atoms with Gasteiger partial charge in [0, 0.05) is 5.92 Å². The molecule has 2 heterocycles. The van der Waals surface area contributed by atoms with Crippen molar-refractivity contribution in [3.8, 4) is 5.69 Å². The molecule has 1 aromatic carbocycles. The highest BCUT2D eigenvalue weighted by molar-refractivity contribution is 6.03. The summed E-state index contributed by atoms with van der Waals surface area (Å²) in [5.41, 5.74) is 2.67. The monoisotopic (exact) mass is 306 g/mol. The number of nitrogens with zero attached hydrogens (tertiary/aromatic N) is 5. The second-order valence-corrected chi connectivity index (χ2v) is 5.43. The molecule has 7 nitrogen and oxygen atoms in total. The van der Waals surface area contributed by atoms with Crippen molar-refractivity contribution in [1.29, 1.82) is 0 Å². The molecule has 0 saturated heterocycles. The quantitative estimate of drug-likeness (QED) is 0.798. The van der Waals surface area contributed by atoms with Crippen LogP contribution in [0, 0.1) is 0 Å². The Morgan fingerprint density at radius 2 is 1.87 bits per heavy atom. The molecule has 23 heavy (non-hydrogen) atoms. The molecule has 1 fully saturated rings. The van der Waals surface area contributed by atoms with Gasteiger partial charge >= 0.3 is 0 Å². The molecule has 2 aromatic heterocycles. The average Bonchev–Trinajstić information content (AvgIpc) is 3.34. The molecular weight excluding hydrogens is 292 g/mol. The van der Waals surface area contributed by atoms with Crippen LogP contribution in [0.15, 0.2) is 49.1 Å². The van der Waals surface area contributed by atoms with E-state index in [-0.39, 0.29) is 5.91 Å². The Labute approximate surface area is 132 Å². The Balaban J connectivity index is 1.69. The Morgan fingerprint density at radius 1 is 1.13 bits per heavy atom. The first kappa shape index (κ1) is 13.6. The maximum absolute atomic E-state index is 12.5. The lowest BCUT2D eigenvalue weighted by molar-refractivity contribution is 0.102. The smallest absolute Gasteiger partial charge is 0.278 e. The number of carbonyl (C=O) groups is 1. The summed E-state index contributed by atoms with van der Waals surface area (Å²) in [5, 5.41) is 11.1. The summed E-state index contributed by atoms with van der Waals surface area (Å²) >= 11 is 0. The summed E-state index contributed by atoms with van der Waals surface area (Å²) in [6, 6.07) is 9.73. The molecule has 1 saturated carbocycles. The maximum Gasteiger partial charge on any atom is 0.278 e. The summed E-state index contributed by atoms with van der Waals surface area (Å²) < 4.78 is 1.76. The number of benzene rings is 1. The van der Waals surface area contributed by atoms with Crippen LogP contribution in [0.5, 0.6) is 0 Å². The van der Waals surface area contributed by atoms with Crippen molar-refractivity contribution in [3.63, 3.8) is 0 Å². The predicted molar refractivity (Wildman–Crippen MR) is 83.3 cm³/mol. The maximum atomic E-state index is 12.5. The van der Waals surface area contributed by atoms with Crippen LogP contribution in [0.2, 0.25) is 0 Å². The van der Waals surface area contributed by atoms with Gasteiger partial charge in [-0.3, -0.25) is 4.79 Å². The van der Waals surface area contributed by atoms with Crippen LogP contribution < -0.4 is 5.32 Å². The molecule has 0 bridgehead atoms. The number of hydrogen-bond acceptors (Lipinski definition) is 5. The number of para-hydroxylation sites is 1. The molecule has 114 valence electrons. The third-order valence-corrected chi connectivity index (χ3v) is 3.70. The normalized spacial score (nSPS) is 13.7. The fourth-order valence-electron chi connectivity index (χ4n) is 2.49. The highest BCUT2D eigenvalue weighted by atomic mass is 16.2. The topological polar surface area (TPSA) is 85.6 Å². The van der Waals surface area contributed by atoms with Gasteiger partial charge in [-0.25, -0.2) is 14.6 Å². The third kappa shape index (κ3) is 2.68. The van der Waals surface area contributed by atoms with Crippen molar-refractivity contribution in [2.24, 2.45) is 0 Å². The van der Waals surface area contributed by atoms with E-state index in [1.54, 1.807) is 17.1 Å². The summed E-state index contributed by atoms with van der Waals surface area (Å²) in [4.78, 5) is 20.3. The number of rotatable bonds is 4. The van der Waals surface area contributed by atoms with Crippen molar-refractivity contribution in [1.82, 2.24) is 25.0 Å². The molecule has 1 aliphatic carbocycles. The Morgan fingerprint density at radius 3 is 2.57 bits per heavy atom. The van der Waals surface area contributed by atoms with E-state index in [0.717, 1.165) is 24.2 Å². The first-order valence-corrected chi connectivity index (χ1v) is 7.40. The lowest BCUT2D eigenvalue weighted by Gasteiger charge is -2.07. The predicted octanol–water partition coefficient (Wildman–Crippen LogP) is 2.19. The fraction of sp³-hybridized carbons (Fsp3) is 0.188. The van der Waals surface area contributed by atoms with Gasteiger partial charge in [0.2, 0.25) is 0 Å². The van der Waals surface area contributed by atoms with E-state index in [0.29, 0.717) is 17.3 Å². The fourth-order valence-corrected chi connectivity index (χ4v) is 2.49. The van der Waals surface area contributed by atoms with Gasteiger partial charge in [-0.2, -0.15) is 0 Å². The molecule has 0 aliphatic heterocycles. The number of anilines is 1. The van der Waals surface area contributed by atoms with Crippen LogP contribution in [0.25, 0.3) is 5.69 Å². The second kappa shape index (κ2) is 5.60. The molecule has 4 rings (SSSR count). The van der Waals surface area contributed by atoms with E-state index in [2.05, 4.69) is 25.6 Å². The minimum Gasteiger partial charge on any atom is -0.318 e. The van der Waals surface area contributed by atoms with Crippen LogP contribution in [0.1, 0.15) is 34.9 Å². The van der Waals surface area contributed by atoms with E-state index < -0.39 is 0 Å². The first-order valence-electron chi connectivity index (χ1n) is 7.40. The summed E-state index contributed by atoms with van der Waals surface area (Å²) in [6.07, 6.45) is 6.60. The molecule has 0 unspecified atom stereocenters. The van der Waals surface area contributed by atoms with Gasteiger partial charge in [-0.05, 0) is 25.0 Å². The van der Waals surface area contributed by atoms with E-state index in [1.807, 2.05) is 30.3 Å². The largest absolute Gasteiger partial charge is 0.318 e. The Bertz CT molecular complexity index is 826. The molecule has 7 heteroatoms. The van der Waals surface area contributed by atoms with Crippen molar-refractivity contribution in [2.45, 2.75) is 18.8 Å². The lowest BCUT2D eigenvalue weighted by atomic mass is 10.2. The van der Waals surface area contributed by atoms with E-state index in [1.165, 1.54) is 6.33 Å². The molecule has 0 radical (unpaired) electrons. The summed E-state index contributed by atoms with van der Waals surface area (Å²) in [5.74, 6) is 0.0434. The summed E-state index contributed by atoms with van der Waals surface area (Å²) in [7, 11) is 0. The highest BCUT2D eigenvalue weighted by Gasteiger charge is 2.34. The van der Waals surface area contributed by atoms with E-state index in [9.17, 15) is 4.79 Å². The first-order chi connectivity index (χ1) is 11.3. The third-order valence-electron chi connectivity index (χ3n) is 3.70. The molecular formula is C16H14N6O. The number of hydrogen-bond donors (Lipinski definition) is 1. The van der Waals surface area contributed by atoms with Crippen LogP contribution in [0.3, 0.4) is 0 Å². The van der Waals surface area contributed by atoms with E-state index in [4.69, 9.17) is 0 Å². The van der Waals surface area contributed by atoms with Crippen molar-refractivity contribution in [3.05, 3.63) is 60.4 Å². The molecule has 3 aromatic rings. The van der Waals surface area contributed by atoms with Crippen molar-refractivity contribution in [2.75, 3.05) is 5.32 Å². The minimum absolute atomic E-state index is 0.288. The van der Waals surface area contributed by atoms with Crippen LogP contribution in [0.4, 0.5) is 5.69 Å². The number of aromatic nitrogens is 5. The zero-order valence-electron chi connectivity index (χ0n) is 12.3. The van der Waals surface area contributed by atoms with Gasteiger partial charge in [0.1, 0.15) is 6.33 Å². The number of carbonyl (C=O) groups excluding carboxylic acids is 1. The molecule has 1 aliphatic rings. The number of amides is 1. The van der Waals surface area contributed by atoms with Gasteiger partial charge in [0.25, 0.3) is 5.91 Å². The zero-order chi connectivity index (χ0) is 15.6. The molecule has 0 atom stereocenters. The highest BCUT2D eigenvalue weighted by Crippen LogP contribution is 2.42.